The zero-order valence-corrected chi connectivity index (χ0v) is 11.5. The highest BCUT2D eigenvalue weighted by atomic mass is 33.1. The number of hydrogen-bond acceptors (Lipinski definition) is 4. The van der Waals surface area contributed by atoms with Crippen molar-refractivity contribution in [1.29, 1.82) is 0 Å². The van der Waals surface area contributed by atoms with E-state index in [4.69, 9.17) is 0 Å². The summed E-state index contributed by atoms with van der Waals surface area (Å²) in [5.41, 5.74) is 0.523. The third-order valence-corrected chi connectivity index (χ3v) is 4.97. The van der Waals surface area contributed by atoms with Crippen molar-refractivity contribution in [3.8, 4) is 0 Å². The highest BCUT2D eigenvalue weighted by molar-refractivity contribution is 8.69. The minimum Gasteiger partial charge on any atom is -0.271 e. The van der Waals surface area contributed by atoms with Crippen LogP contribution in [-0.2, 0) is 10.2 Å². The van der Waals surface area contributed by atoms with Gasteiger partial charge in [-0.2, -0.15) is 13.1 Å². The Morgan fingerprint density at radius 2 is 1.81 bits per heavy atom. The number of nitrogens with one attached hydrogen (secondary N) is 2. The van der Waals surface area contributed by atoms with Gasteiger partial charge in [-0.1, -0.05) is 29.0 Å². The fourth-order valence-electron chi connectivity index (χ4n) is 1.03. The van der Waals surface area contributed by atoms with Crippen molar-refractivity contribution >= 4 is 38.4 Å². The Balaban J connectivity index is 2.74. The minimum absolute atomic E-state index is 0.523. The van der Waals surface area contributed by atoms with E-state index in [0.717, 1.165) is 10.8 Å². The lowest BCUT2D eigenvalue weighted by molar-refractivity contribution is 0.565. The maximum Gasteiger partial charge on any atom is 0.300 e. The molecule has 0 aliphatic carbocycles. The number of para-hydroxylation sites is 1. The standard InChI is InChI=1S/C9H14N2O2S3/c1-9(2,15-14)11-16(12,13)10-8-6-4-3-5-7-8/h3-7,10-11,14H,1-2H3. The molecular formula is C9H14N2O2S3. The lowest BCUT2D eigenvalue weighted by Gasteiger charge is -2.22. The summed E-state index contributed by atoms with van der Waals surface area (Å²) < 4.78 is 28.3. The van der Waals surface area contributed by atoms with Crippen LogP contribution >= 0.6 is 22.5 Å². The molecule has 0 heterocycles. The van der Waals surface area contributed by atoms with Gasteiger partial charge < -0.3 is 0 Å². The molecule has 1 rings (SSSR count). The van der Waals surface area contributed by atoms with Crippen LogP contribution in [0.2, 0.25) is 0 Å². The quantitative estimate of drug-likeness (QED) is 0.440. The van der Waals surface area contributed by atoms with Crippen molar-refractivity contribution in [3.63, 3.8) is 0 Å². The van der Waals surface area contributed by atoms with E-state index in [1.807, 2.05) is 6.07 Å². The van der Waals surface area contributed by atoms with Gasteiger partial charge in [0, 0.05) is 5.69 Å². The summed E-state index contributed by atoms with van der Waals surface area (Å²) in [4.78, 5) is -0.663. The molecule has 7 heteroatoms. The average Bonchev–Trinajstić information content (AvgIpc) is 2.17. The van der Waals surface area contributed by atoms with Crippen LogP contribution in [-0.4, -0.2) is 13.3 Å². The summed E-state index contributed by atoms with van der Waals surface area (Å²) in [6, 6.07) is 8.70. The molecule has 0 atom stereocenters. The first-order valence-electron chi connectivity index (χ1n) is 4.54. The topological polar surface area (TPSA) is 58.2 Å². The van der Waals surface area contributed by atoms with Crippen LogP contribution < -0.4 is 9.44 Å². The first-order chi connectivity index (χ1) is 7.35. The fraction of sp³-hybridized carbons (Fsp3) is 0.333. The molecule has 0 unspecified atom stereocenters. The SMILES string of the molecule is CC(C)(NS(=O)(=O)Nc1ccccc1)SS. The summed E-state index contributed by atoms with van der Waals surface area (Å²) in [5, 5.41) is 0. The second-order valence-corrected chi connectivity index (χ2v) is 6.84. The molecule has 0 aromatic heterocycles. The first-order valence-corrected chi connectivity index (χ1v) is 7.89. The lowest BCUT2D eigenvalue weighted by atomic mass is 10.3. The van der Waals surface area contributed by atoms with Crippen molar-refractivity contribution in [3.05, 3.63) is 30.3 Å². The molecule has 0 saturated heterocycles. The molecule has 1 aromatic carbocycles. The third-order valence-electron chi connectivity index (χ3n) is 1.63. The third kappa shape index (κ3) is 4.65. The summed E-state index contributed by atoms with van der Waals surface area (Å²) >= 11 is 4.00. The van der Waals surface area contributed by atoms with Crippen LogP contribution in [0, 0.1) is 0 Å². The van der Waals surface area contributed by atoms with E-state index in [0.29, 0.717) is 5.69 Å². The molecule has 0 radical (unpaired) electrons. The fourth-order valence-corrected chi connectivity index (χ4v) is 2.99. The van der Waals surface area contributed by atoms with Crippen LogP contribution in [0.15, 0.2) is 30.3 Å². The predicted octanol–water partition coefficient (Wildman–Crippen LogP) is 2.25. The van der Waals surface area contributed by atoms with E-state index in [9.17, 15) is 8.42 Å². The van der Waals surface area contributed by atoms with E-state index < -0.39 is 15.1 Å². The zero-order chi connectivity index (χ0) is 12.2. The second-order valence-electron chi connectivity index (χ2n) is 3.68. The van der Waals surface area contributed by atoms with E-state index >= 15 is 0 Å². The zero-order valence-electron chi connectivity index (χ0n) is 8.97. The van der Waals surface area contributed by atoms with Crippen LogP contribution in [0.3, 0.4) is 0 Å². The van der Waals surface area contributed by atoms with Gasteiger partial charge in [0.1, 0.15) is 0 Å². The van der Waals surface area contributed by atoms with Gasteiger partial charge >= 0.3 is 0 Å². The van der Waals surface area contributed by atoms with Crippen LogP contribution in [0.5, 0.6) is 0 Å². The average molecular weight is 278 g/mol. The number of thiol groups is 1. The van der Waals surface area contributed by atoms with Crippen molar-refractivity contribution in [2.75, 3.05) is 4.72 Å². The molecule has 0 aliphatic rings. The van der Waals surface area contributed by atoms with Crippen molar-refractivity contribution < 1.29 is 8.42 Å². The summed E-state index contributed by atoms with van der Waals surface area (Å²) in [6.45, 7) is 3.46. The van der Waals surface area contributed by atoms with E-state index in [1.54, 1.807) is 38.1 Å². The van der Waals surface area contributed by atoms with Crippen LogP contribution in [0.4, 0.5) is 5.69 Å². The first kappa shape index (κ1) is 13.7. The Morgan fingerprint density at radius 1 is 1.25 bits per heavy atom. The number of hydrogen-bond donors (Lipinski definition) is 3. The van der Waals surface area contributed by atoms with Gasteiger partial charge in [-0.05, 0) is 26.0 Å². The largest absolute Gasteiger partial charge is 0.300 e. The molecule has 0 bridgehead atoms. The van der Waals surface area contributed by atoms with Gasteiger partial charge in [0.25, 0.3) is 10.2 Å². The van der Waals surface area contributed by atoms with Gasteiger partial charge in [0.15, 0.2) is 0 Å². The van der Waals surface area contributed by atoms with Crippen molar-refractivity contribution in [2.45, 2.75) is 18.7 Å². The number of anilines is 1. The predicted molar refractivity (Wildman–Crippen MR) is 72.8 cm³/mol. The van der Waals surface area contributed by atoms with Crippen LogP contribution in [0.25, 0.3) is 0 Å². The maximum atomic E-state index is 11.7. The van der Waals surface area contributed by atoms with Gasteiger partial charge in [0.2, 0.25) is 0 Å². The van der Waals surface area contributed by atoms with Crippen molar-refractivity contribution in [1.82, 2.24) is 4.72 Å². The summed E-state index contributed by atoms with van der Waals surface area (Å²) in [7, 11) is -2.45. The summed E-state index contributed by atoms with van der Waals surface area (Å²) in [5.74, 6) is 0. The van der Waals surface area contributed by atoms with Gasteiger partial charge in [-0.3, -0.25) is 4.72 Å². The Morgan fingerprint density at radius 3 is 2.31 bits per heavy atom. The van der Waals surface area contributed by atoms with Gasteiger partial charge in [-0.25, -0.2) is 0 Å². The number of rotatable bonds is 5. The number of benzene rings is 1. The highest BCUT2D eigenvalue weighted by Gasteiger charge is 2.24. The molecule has 0 amide bonds. The normalized spacial score (nSPS) is 12.4. The molecule has 90 valence electrons. The molecule has 0 aliphatic heterocycles. The Kier molecular flexibility index (Phi) is 4.54. The van der Waals surface area contributed by atoms with Gasteiger partial charge in [-0.15, -0.1) is 11.7 Å². The minimum atomic E-state index is -3.57. The maximum absolute atomic E-state index is 11.7. The molecule has 0 spiro atoms. The Hall–Kier alpha value is -0.370. The van der Waals surface area contributed by atoms with Gasteiger partial charge in [0.05, 0.1) is 4.87 Å². The molecule has 4 nitrogen and oxygen atoms in total. The van der Waals surface area contributed by atoms with E-state index in [2.05, 4.69) is 21.1 Å². The van der Waals surface area contributed by atoms with E-state index in [1.165, 1.54) is 0 Å². The smallest absolute Gasteiger partial charge is 0.271 e. The van der Waals surface area contributed by atoms with E-state index in [-0.39, 0.29) is 0 Å². The lowest BCUT2D eigenvalue weighted by Crippen LogP contribution is -2.42. The Bertz CT molecular complexity index is 431. The molecule has 0 saturated carbocycles. The monoisotopic (exact) mass is 278 g/mol. The second kappa shape index (κ2) is 5.31. The molecule has 2 N–H and O–H groups in total. The Labute approximate surface area is 105 Å². The summed E-state index contributed by atoms with van der Waals surface area (Å²) in [6.07, 6.45) is 0. The van der Waals surface area contributed by atoms with Crippen molar-refractivity contribution in [2.24, 2.45) is 0 Å². The molecule has 1 aromatic rings. The molecular weight excluding hydrogens is 264 g/mol. The van der Waals surface area contributed by atoms with Crippen LogP contribution in [0.1, 0.15) is 13.8 Å². The molecule has 16 heavy (non-hydrogen) atoms. The molecule has 0 fully saturated rings. The highest BCUT2D eigenvalue weighted by Crippen LogP contribution is 2.25.